The lowest BCUT2D eigenvalue weighted by molar-refractivity contribution is -0.121. The summed E-state index contributed by atoms with van der Waals surface area (Å²) in [7, 11) is 1.62. The molecule has 1 amide bonds. The normalized spacial score (nSPS) is 15.9. The molecule has 1 aromatic heterocycles. The highest BCUT2D eigenvalue weighted by Crippen LogP contribution is 2.26. The third-order valence-corrected chi connectivity index (χ3v) is 5.30. The fourth-order valence-electron chi connectivity index (χ4n) is 3.71. The van der Waals surface area contributed by atoms with Gasteiger partial charge in [0.15, 0.2) is 0 Å². The molecule has 0 saturated carbocycles. The molecule has 1 atom stereocenters. The van der Waals surface area contributed by atoms with Gasteiger partial charge in [-0.2, -0.15) is 0 Å². The first kappa shape index (κ1) is 19.5. The Balaban J connectivity index is 1.47. The number of hydrogen-bond acceptors (Lipinski definition) is 5. The smallest absolute Gasteiger partial charge is 0.225 e. The molecule has 1 unspecified atom stereocenters. The Hall–Kier alpha value is -2.83. The summed E-state index contributed by atoms with van der Waals surface area (Å²) in [5.41, 5.74) is 2.70. The standard InChI is InChI=1S/C23H26N2O4/c1-27-19-7-8-20-18(16-29-22(20)14-19)13-23(26)24-21(17-5-3-2-4-6-17)15-25-9-11-28-12-10-25/h2-8,14,16,21H,9-13,15H2,1H3,(H,24,26). The van der Waals surface area contributed by atoms with E-state index in [1.54, 1.807) is 13.4 Å². The first-order chi connectivity index (χ1) is 14.2. The van der Waals surface area contributed by atoms with Gasteiger partial charge in [0.2, 0.25) is 5.91 Å². The molecule has 3 aromatic rings. The van der Waals surface area contributed by atoms with Gasteiger partial charge >= 0.3 is 0 Å². The molecule has 1 saturated heterocycles. The first-order valence-corrected chi connectivity index (χ1v) is 9.91. The number of morpholine rings is 1. The summed E-state index contributed by atoms with van der Waals surface area (Å²) in [6, 6.07) is 15.7. The van der Waals surface area contributed by atoms with Gasteiger partial charge in [0.05, 0.1) is 39.0 Å². The lowest BCUT2D eigenvalue weighted by Gasteiger charge is -2.31. The van der Waals surface area contributed by atoms with Crippen molar-refractivity contribution in [3.63, 3.8) is 0 Å². The number of amides is 1. The zero-order chi connectivity index (χ0) is 20.1. The van der Waals surface area contributed by atoms with Gasteiger partial charge < -0.3 is 19.2 Å². The molecule has 0 spiro atoms. The van der Waals surface area contributed by atoms with Crippen LogP contribution in [0.25, 0.3) is 11.0 Å². The summed E-state index contributed by atoms with van der Waals surface area (Å²) in [5, 5.41) is 4.15. The SMILES string of the molecule is COc1ccc2c(CC(=O)NC(CN3CCOCC3)c3ccccc3)coc2c1. The molecule has 0 aliphatic carbocycles. The quantitative estimate of drug-likeness (QED) is 0.667. The van der Waals surface area contributed by atoms with Crippen molar-refractivity contribution in [1.29, 1.82) is 0 Å². The Morgan fingerprint density at radius 2 is 1.97 bits per heavy atom. The van der Waals surface area contributed by atoms with E-state index in [9.17, 15) is 4.79 Å². The third kappa shape index (κ3) is 4.78. The van der Waals surface area contributed by atoms with Crippen molar-refractivity contribution in [1.82, 2.24) is 10.2 Å². The van der Waals surface area contributed by atoms with Crippen LogP contribution in [0.5, 0.6) is 5.75 Å². The van der Waals surface area contributed by atoms with Gasteiger partial charge in [-0.1, -0.05) is 30.3 Å². The van der Waals surface area contributed by atoms with Crippen LogP contribution >= 0.6 is 0 Å². The molecule has 0 radical (unpaired) electrons. The molecule has 152 valence electrons. The minimum atomic E-state index is -0.0694. The Morgan fingerprint density at radius 3 is 2.72 bits per heavy atom. The van der Waals surface area contributed by atoms with Crippen LogP contribution in [0.4, 0.5) is 0 Å². The topological polar surface area (TPSA) is 63.9 Å². The second kappa shape index (κ2) is 9.11. The fraction of sp³-hybridized carbons (Fsp3) is 0.348. The summed E-state index contributed by atoms with van der Waals surface area (Å²) < 4.78 is 16.3. The van der Waals surface area contributed by atoms with Crippen LogP contribution in [0.1, 0.15) is 17.2 Å². The molecule has 1 aliphatic rings. The Kier molecular flexibility index (Phi) is 6.12. The maximum atomic E-state index is 12.9. The van der Waals surface area contributed by atoms with Crippen molar-refractivity contribution in [3.8, 4) is 5.75 Å². The van der Waals surface area contributed by atoms with E-state index in [0.717, 1.165) is 60.7 Å². The van der Waals surface area contributed by atoms with Crippen LogP contribution < -0.4 is 10.1 Å². The van der Waals surface area contributed by atoms with E-state index in [0.29, 0.717) is 0 Å². The molecule has 0 bridgehead atoms. The van der Waals surface area contributed by atoms with Crippen LogP contribution in [0.15, 0.2) is 59.2 Å². The summed E-state index contributed by atoms with van der Waals surface area (Å²) in [5.74, 6) is 0.711. The average Bonchev–Trinajstić information content (AvgIpc) is 3.16. The largest absolute Gasteiger partial charge is 0.497 e. The number of hydrogen-bond donors (Lipinski definition) is 1. The number of fused-ring (bicyclic) bond motifs is 1. The molecule has 6 nitrogen and oxygen atoms in total. The number of ether oxygens (including phenoxy) is 2. The van der Waals surface area contributed by atoms with E-state index in [1.807, 2.05) is 36.4 Å². The van der Waals surface area contributed by atoms with Crippen LogP contribution in [0.2, 0.25) is 0 Å². The van der Waals surface area contributed by atoms with Crippen molar-refractivity contribution in [3.05, 3.63) is 65.9 Å². The summed E-state index contributed by atoms with van der Waals surface area (Å²) in [4.78, 5) is 15.2. The molecule has 1 aliphatic heterocycles. The van der Waals surface area contributed by atoms with Gasteiger partial charge in [-0.05, 0) is 17.7 Å². The zero-order valence-electron chi connectivity index (χ0n) is 16.6. The van der Waals surface area contributed by atoms with Crippen molar-refractivity contribution < 1.29 is 18.7 Å². The molecule has 2 heterocycles. The number of nitrogens with one attached hydrogen (secondary N) is 1. The van der Waals surface area contributed by atoms with E-state index in [1.165, 1.54) is 0 Å². The Morgan fingerprint density at radius 1 is 1.17 bits per heavy atom. The highest BCUT2D eigenvalue weighted by Gasteiger charge is 2.21. The van der Waals surface area contributed by atoms with E-state index >= 15 is 0 Å². The molecule has 1 fully saturated rings. The van der Waals surface area contributed by atoms with Crippen LogP contribution in [0.3, 0.4) is 0 Å². The molecular weight excluding hydrogens is 368 g/mol. The highest BCUT2D eigenvalue weighted by atomic mass is 16.5. The predicted molar refractivity (Wildman–Crippen MR) is 111 cm³/mol. The second-order valence-corrected chi connectivity index (χ2v) is 7.24. The molecular formula is C23H26N2O4. The number of carbonyl (C=O) groups excluding carboxylic acids is 1. The number of benzene rings is 2. The maximum absolute atomic E-state index is 12.9. The van der Waals surface area contributed by atoms with Gasteiger partial charge in [-0.3, -0.25) is 9.69 Å². The number of furan rings is 1. The van der Waals surface area contributed by atoms with Crippen LogP contribution in [-0.2, 0) is 16.0 Å². The lowest BCUT2D eigenvalue weighted by atomic mass is 10.0. The third-order valence-electron chi connectivity index (χ3n) is 5.30. The number of nitrogens with zero attached hydrogens (tertiary/aromatic N) is 1. The average molecular weight is 394 g/mol. The fourth-order valence-corrected chi connectivity index (χ4v) is 3.71. The van der Waals surface area contributed by atoms with Crippen molar-refractivity contribution in [2.75, 3.05) is 40.0 Å². The summed E-state index contributed by atoms with van der Waals surface area (Å²) >= 11 is 0. The van der Waals surface area contributed by atoms with E-state index in [-0.39, 0.29) is 18.4 Å². The number of rotatable bonds is 7. The highest BCUT2D eigenvalue weighted by molar-refractivity contribution is 5.88. The van der Waals surface area contributed by atoms with Gasteiger partial charge in [-0.25, -0.2) is 0 Å². The van der Waals surface area contributed by atoms with E-state index in [2.05, 4.69) is 22.3 Å². The zero-order valence-corrected chi connectivity index (χ0v) is 16.6. The number of methoxy groups -OCH3 is 1. The Bertz CT molecular complexity index is 948. The van der Waals surface area contributed by atoms with E-state index in [4.69, 9.17) is 13.9 Å². The minimum Gasteiger partial charge on any atom is -0.497 e. The predicted octanol–water partition coefficient (Wildman–Crippen LogP) is 3.17. The minimum absolute atomic E-state index is 0.0226. The van der Waals surface area contributed by atoms with Gasteiger partial charge in [0.1, 0.15) is 11.3 Å². The van der Waals surface area contributed by atoms with Crippen molar-refractivity contribution in [2.45, 2.75) is 12.5 Å². The summed E-state index contributed by atoms with van der Waals surface area (Å²) in [6.45, 7) is 4.00. The second-order valence-electron chi connectivity index (χ2n) is 7.24. The van der Waals surface area contributed by atoms with Crippen molar-refractivity contribution >= 4 is 16.9 Å². The molecule has 6 heteroatoms. The monoisotopic (exact) mass is 394 g/mol. The molecule has 4 rings (SSSR count). The molecule has 29 heavy (non-hydrogen) atoms. The number of carbonyl (C=O) groups is 1. The first-order valence-electron chi connectivity index (χ1n) is 9.91. The van der Waals surface area contributed by atoms with Crippen LogP contribution in [-0.4, -0.2) is 50.8 Å². The van der Waals surface area contributed by atoms with Gasteiger partial charge in [-0.15, -0.1) is 0 Å². The lowest BCUT2D eigenvalue weighted by Crippen LogP contribution is -2.43. The molecule has 2 aromatic carbocycles. The van der Waals surface area contributed by atoms with Crippen LogP contribution in [0, 0.1) is 0 Å². The maximum Gasteiger partial charge on any atom is 0.225 e. The molecule has 1 N–H and O–H groups in total. The van der Waals surface area contributed by atoms with Gasteiger partial charge in [0.25, 0.3) is 0 Å². The summed E-state index contributed by atoms with van der Waals surface area (Å²) in [6.07, 6.45) is 1.93. The van der Waals surface area contributed by atoms with Gasteiger partial charge in [0, 0.05) is 36.7 Å². The van der Waals surface area contributed by atoms with Crippen molar-refractivity contribution in [2.24, 2.45) is 0 Å². The van der Waals surface area contributed by atoms with E-state index < -0.39 is 0 Å². The Labute approximate surface area is 170 Å².